The van der Waals surface area contributed by atoms with E-state index in [1.807, 2.05) is 13.0 Å². The molecule has 2 bridgehead atoms. The van der Waals surface area contributed by atoms with Crippen LogP contribution in [0.5, 0.6) is 0 Å². The van der Waals surface area contributed by atoms with Crippen LogP contribution in [0.1, 0.15) is 37.8 Å². The lowest BCUT2D eigenvalue weighted by atomic mass is 9.97. The number of H-pyrrole nitrogens is 1. The number of hydrogen-bond donors (Lipinski definition) is 3. The van der Waals surface area contributed by atoms with E-state index in [1.54, 1.807) is 12.1 Å². The summed E-state index contributed by atoms with van der Waals surface area (Å²) in [4.78, 5) is 11.9. The molecule has 2 aliphatic rings. The maximum absolute atomic E-state index is 12.2. The molecule has 5 rings (SSSR count). The Morgan fingerprint density at radius 2 is 1.97 bits per heavy atom. The van der Waals surface area contributed by atoms with Crippen LogP contribution >= 0.6 is 0 Å². The minimum atomic E-state index is -3.40. The van der Waals surface area contributed by atoms with Gasteiger partial charge in [-0.15, -0.1) is 0 Å². The molecule has 5 heterocycles. The molecule has 3 aromatic heterocycles. The second-order valence-corrected chi connectivity index (χ2v) is 11.3. The lowest BCUT2D eigenvalue weighted by Crippen LogP contribution is -2.47. The number of nitrogens with zero attached hydrogens (tertiary/aromatic N) is 5. The molecule has 0 radical (unpaired) electrons. The van der Waals surface area contributed by atoms with Gasteiger partial charge in [-0.25, -0.2) is 13.4 Å². The Morgan fingerprint density at radius 1 is 1.21 bits per heavy atom. The van der Waals surface area contributed by atoms with Crippen molar-refractivity contribution in [2.24, 2.45) is 0 Å². The molecule has 0 aliphatic carbocycles. The van der Waals surface area contributed by atoms with Crippen molar-refractivity contribution in [3.05, 3.63) is 30.1 Å². The summed E-state index contributed by atoms with van der Waals surface area (Å²) in [5.41, 5.74) is 1.57. The second kappa shape index (κ2) is 8.85. The van der Waals surface area contributed by atoms with Crippen LogP contribution in [0.3, 0.4) is 0 Å². The predicted octanol–water partition coefficient (Wildman–Crippen LogP) is 3.13. The summed E-state index contributed by atoms with van der Waals surface area (Å²) in [5, 5.41) is 23.6. The van der Waals surface area contributed by atoms with Gasteiger partial charge in [-0.2, -0.15) is 10.4 Å². The Balaban J connectivity index is 1.47. The summed E-state index contributed by atoms with van der Waals surface area (Å²) < 4.78 is 24.3. The largest absolute Gasteiger partial charge is 0.367 e. The van der Waals surface area contributed by atoms with E-state index >= 15 is 0 Å². The fourth-order valence-corrected chi connectivity index (χ4v) is 5.80. The van der Waals surface area contributed by atoms with Gasteiger partial charge in [0.05, 0.1) is 16.5 Å². The Labute approximate surface area is 198 Å². The molecule has 1 unspecified atom stereocenters. The van der Waals surface area contributed by atoms with Crippen molar-refractivity contribution in [2.45, 2.75) is 62.0 Å². The molecule has 0 amide bonds. The van der Waals surface area contributed by atoms with Crippen molar-refractivity contribution in [1.29, 1.82) is 5.26 Å². The molecule has 2 fully saturated rings. The molecule has 3 aromatic rings. The minimum Gasteiger partial charge on any atom is -0.367 e. The minimum absolute atomic E-state index is 0.167. The predicted molar refractivity (Wildman–Crippen MR) is 130 cm³/mol. The fourth-order valence-electron chi connectivity index (χ4n) is 5.22. The lowest BCUT2D eigenvalue weighted by Gasteiger charge is -2.39. The summed E-state index contributed by atoms with van der Waals surface area (Å²) in [6.07, 6.45) is 7.32. The van der Waals surface area contributed by atoms with Gasteiger partial charge in [-0.3, -0.25) is 15.0 Å². The molecule has 3 atom stereocenters. The van der Waals surface area contributed by atoms with E-state index in [0.29, 0.717) is 46.9 Å². The average molecular weight is 481 g/mol. The van der Waals surface area contributed by atoms with Gasteiger partial charge < -0.3 is 10.6 Å². The maximum Gasteiger partial charge on any atom is 0.177 e. The first-order valence-electron chi connectivity index (χ1n) is 11.5. The van der Waals surface area contributed by atoms with Gasteiger partial charge in [0.1, 0.15) is 11.6 Å². The molecule has 3 N–H and O–H groups in total. The Morgan fingerprint density at radius 3 is 2.62 bits per heavy atom. The van der Waals surface area contributed by atoms with E-state index in [4.69, 9.17) is 10.2 Å². The molecule has 0 aromatic carbocycles. The quantitative estimate of drug-likeness (QED) is 0.465. The summed E-state index contributed by atoms with van der Waals surface area (Å²) in [5.74, 6) is 1.84. The molecular formula is C23H28N8O2S. The number of rotatable bonds is 7. The van der Waals surface area contributed by atoms with Crippen molar-refractivity contribution in [2.75, 3.05) is 23.4 Å². The van der Waals surface area contributed by atoms with Crippen LogP contribution in [0, 0.1) is 18.3 Å². The summed E-state index contributed by atoms with van der Waals surface area (Å²) in [6, 6.07) is 8.70. The van der Waals surface area contributed by atoms with Crippen LogP contribution < -0.4 is 10.6 Å². The molecular weight excluding hydrogens is 452 g/mol. The van der Waals surface area contributed by atoms with Crippen LogP contribution in [-0.4, -0.2) is 64.4 Å². The highest BCUT2D eigenvalue weighted by atomic mass is 32.2. The zero-order chi connectivity index (χ0) is 23.9. The van der Waals surface area contributed by atoms with Crippen molar-refractivity contribution >= 4 is 38.2 Å². The molecule has 2 aliphatic heterocycles. The molecule has 0 saturated carbocycles. The third-order valence-electron chi connectivity index (χ3n) is 6.75. The standard InChI is InChI=1S/C23H28N8O2S/c1-14-8-22(30-29-14)27-21-12-20-19(11-18(13-25-20)34(2,32)33)23(28-21)26-15-9-16-4-5-17(10-15)31(16)7-3-6-24/h8,11-13,15-17H,3-5,7,9-10H2,1-2H3,(H3,26,27,28,29,30)/t15?,16-,17+. The van der Waals surface area contributed by atoms with E-state index in [9.17, 15) is 8.42 Å². The number of nitriles is 1. The van der Waals surface area contributed by atoms with Gasteiger partial charge in [0, 0.05) is 66.8 Å². The number of anilines is 3. The number of sulfone groups is 1. The Kier molecular flexibility index (Phi) is 5.87. The first kappa shape index (κ1) is 22.6. The number of pyridine rings is 2. The Bertz CT molecular complexity index is 1350. The monoisotopic (exact) mass is 480 g/mol. The van der Waals surface area contributed by atoms with Gasteiger partial charge in [0.25, 0.3) is 0 Å². The number of hydrogen-bond acceptors (Lipinski definition) is 9. The highest BCUT2D eigenvalue weighted by Crippen LogP contribution is 2.37. The average Bonchev–Trinajstić information content (AvgIpc) is 3.30. The molecule has 178 valence electrons. The number of aromatic nitrogens is 4. The molecule has 11 heteroatoms. The van der Waals surface area contributed by atoms with Gasteiger partial charge >= 0.3 is 0 Å². The zero-order valence-corrected chi connectivity index (χ0v) is 20.1. The third-order valence-corrected chi connectivity index (χ3v) is 7.83. The third kappa shape index (κ3) is 4.56. The van der Waals surface area contributed by atoms with Crippen molar-refractivity contribution in [3.8, 4) is 6.07 Å². The number of piperidine rings is 1. The molecule has 0 spiro atoms. The smallest absolute Gasteiger partial charge is 0.177 e. The topological polar surface area (TPSA) is 140 Å². The summed E-state index contributed by atoms with van der Waals surface area (Å²) in [6.45, 7) is 2.74. The van der Waals surface area contributed by atoms with E-state index in [2.05, 4.69) is 36.8 Å². The summed E-state index contributed by atoms with van der Waals surface area (Å²) >= 11 is 0. The van der Waals surface area contributed by atoms with E-state index in [1.165, 1.54) is 12.5 Å². The van der Waals surface area contributed by atoms with Gasteiger partial charge in [-0.05, 0) is 38.7 Å². The van der Waals surface area contributed by atoms with Crippen molar-refractivity contribution < 1.29 is 8.42 Å². The van der Waals surface area contributed by atoms with Crippen LogP contribution in [0.4, 0.5) is 17.5 Å². The number of aryl methyl sites for hydroxylation is 1. The van der Waals surface area contributed by atoms with E-state index < -0.39 is 9.84 Å². The number of nitrogens with one attached hydrogen (secondary N) is 3. The van der Waals surface area contributed by atoms with Crippen LogP contribution in [-0.2, 0) is 9.84 Å². The fraction of sp³-hybridized carbons (Fsp3) is 0.478. The first-order valence-corrected chi connectivity index (χ1v) is 13.4. The normalized spacial score (nSPS) is 22.6. The zero-order valence-electron chi connectivity index (χ0n) is 19.2. The van der Waals surface area contributed by atoms with Crippen LogP contribution in [0.25, 0.3) is 10.9 Å². The molecule has 34 heavy (non-hydrogen) atoms. The highest BCUT2D eigenvalue weighted by molar-refractivity contribution is 7.90. The number of aromatic amines is 1. The Hall–Kier alpha value is -3.23. The second-order valence-electron chi connectivity index (χ2n) is 9.27. The van der Waals surface area contributed by atoms with Gasteiger partial charge in [0.2, 0.25) is 0 Å². The SMILES string of the molecule is Cc1cc(Nc2cc3ncc(S(C)(=O)=O)cc3c(NC3C[C@H]4CC[C@@H](C3)N4CCC#N)n2)n[nH]1. The van der Waals surface area contributed by atoms with E-state index in [0.717, 1.165) is 37.9 Å². The maximum atomic E-state index is 12.2. The van der Waals surface area contributed by atoms with E-state index in [-0.39, 0.29) is 10.9 Å². The lowest BCUT2D eigenvalue weighted by molar-refractivity contribution is 0.136. The molecule has 10 nitrogen and oxygen atoms in total. The van der Waals surface area contributed by atoms with Crippen molar-refractivity contribution in [1.82, 2.24) is 25.1 Å². The first-order chi connectivity index (χ1) is 16.3. The van der Waals surface area contributed by atoms with Gasteiger partial charge in [0.15, 0.2) is 15.7 Å². The van der Waals surface area contributed by atoms with Crippen LogP contribution in [0.2, 0.25) is 0 Å². The van der Waals surface area contributed by atoms with Crippen LogP contribution in [0.15, 0.2) is 29.3 Å². The molecule has 2 saturated heterocycles. The van der Waals surface area contributed by atoms with Crippen molar-refractivity contribution in [3.63, 3.8) is 0 Å². The van der Waals surface area contributed by atoms with Gasteiger partial charge in [-0.1, -0.05) is 0 Å². The highest BCUT2D eigenvalue weighted by Gasteiger charge is 2.40. The summed E-state index contributed by atoms with van der Waals surface area (Å²) in [7, 11) is -3.40. The number of fused-ring (bicyclic) bond motifs is 3.